The maximum atomic E-state index is 12.8. The molecule has 14 heavy (non-hydrogen) atoms. The van der Waals surface area contributed by atoms with Gasteiger partial charge in [0.05, 0.1) is 5.56 Å². The van der Waals surface area contributed by atoms with Crippen molar-refractivity contribution in [3.63, 3.8) is 0 Å². The zero-order chi connectivity index (χ0) is 10.6. The summed E-state index contributed by atoms with van der Waals surface area (Å²) < 4.78 is 12.8. The van der Waals surface area contributed by atoms with Crippen molar-refractivity contribution in [2.45, 2.75) is 0 Å². The lowest BCUT2D eigenvalue weighted by Crippen LogP contribution is -1.97. The number of carboxylic acids is 1. The molecule has 0 aliphatic rings. The molecule has 3 nitrogen and oxygen atoms in total. The third kappa shape index (κ3) is 2.42. The van der Waals surface area contributed by atoms with Crippen molar-refractivity contribution < 1.29 is 19.1 Å². The summed E-state index contributed by atoms with van der Waals surface area (Å²) in [5.41, 5.74) is -0.0327. The molecule has 0 spiro atoms. The number of aldehydes is 1. The highest BCUT2D eigenvalue weighted by molar-refractivity contribution is 5.88. The molecule has 0 atom stereocenters. The van der Waals surface area contributed by atoms with Crippen LogP contribution in [0.15, 0.2) is 18.2 Å². The zero-order valence-electron chi connectivity index (χ0n) is 6.95. The van der Waals surface area contributed by atoms with Gasteiger partial charge >= 0.3 is 5.97 Å². The Morgan fingerprint density at radius 2 is 2.14 bits per heavy atom. The fourth-order valence-electron chi connectivity index (χ4n) is 0.898. The van der Waals surface area contributed by atoms with Gasteiger partial charge in [-0.25, -0.2) is 9.18 Å². The Kier molecular flexibility index (Phi) is 2.97. The Hall–Kier alpha value is -2.15. The minimum atomic E-state index is -1.24. The van der Waals surface area contributed by atoms with E-state index in [0.717, 1.165) is 12.1 Å². The first-order valence-corrected chi connectivity index (χ1v) is 3.62. The molecule has 1 rings (SSSR count). The summed E-state index contributed by atoms with van der Waals surface area (Å²) in [6, 6.07) is 3.14. The van der Waals surface area contributed by atoms with Crippen molar-refractivity contribution in [3.05, 3.63) is 35.1 Å². The average Bonchev–Trinajstić information content (AvgIpc) is 2.14. The molecule has 0 fully saturated rings. The molecule has 70 valence electrons. The zero-order valence-corrected chi connectivity index (χ0v) is 6.95. The Balaban J connectivity index is 3.19. The lowest BCUT2D eigenvalue weighted by atomic mass is 10.1. The van der Waals surface area contributed by atoms with Crippen LogP contribution in [0.5, 0.6) is 0 Å². The molecule has 0 radical (unpaired) electrons. The summed E-state index contributed by atoms with van der Waals surface area (Å²) in [5, 5.41) is 8.57. The van der Waals surface area contributed by atoms with Gasteiger partial charge < -0.3 is 5.11 Å². The minimum absolute atomic E-state index is 0.162. The van der Waals surface area contributed by atoms with Crippen molar-refractivity contribution in [1.82, 2.24) is 0 Å². The number of hydrogen-bond donors (Lipinski definition) is 1. The SMILES string of the molecule is O=CC#Cc1cc(F)cc(C(=O)O)c1. The van der Waals surface area contributed by atoms with E-state index in [4.69, 9.17) is 5.11 Å². The van der Waals surface area contributed by atoms with E-state index in [1.165, 1.54) is 6.07 Å². The van der Waals surface area contributed by atoms with Gasteiger partial charge in [0.1, 0.15) is 5.82 Å². The standard InChI is InChI=1S/C10H5FO3/c11-9-5-7(2-1-3-12)4-8(6-9)10(13)14/h3-6H,(H,13,14). The topological polar surface area (TPSA) is 54.4 Å². The van der Waals surface area contributed by atoms with Crippen molar-refractivity contribution >= 4 is 12.3 Å². The number of benzene rings is 1. The Morgan fingerprint density at radius 3 is 2.71 bits per heavy atom. The van der Waals surface area contributed by atoms with Crippen LogP contribution in [-0.4, -0.2) is 17.4 Å². The van der Waals surface area contributed by atoms with E-state index in [0.29, 0.717) is 6.29 Å². The van der Waals surface area contributed by atoms with Gasteiger partial charge in [-0.1, -0.05) is 5.92 Å². The molecule has 0 heterocycles. The highest BCUT2D eigenvalue weighted by Gasteiger charge is 2.05. The van der Waals surface area contributed by atoms with Crippen LogP contribution in [0.2, 0.25) is 0 Å². The minimum Gasteiger partial charge on any atom is -0.478 e. The predicted molar refractivity (Wildman–Crippen MR) is 46.3 cm³/mol. The van der Waals surface area contributed by atoms with Crippen LogP contribution >= 0.6 is 0 Å². The van der Waals surface area contributed by atoms with E-state index in [1.54, 1.807) is 0 Å². The van der Waals surface area contributed by atoms with Crippen LogP contribution in [0.1, 0.15) is 15.9 Å². The van der Waals surface area contributed by atoms with E-state index < -0.39 is 11.8 Å². The van der Waals surface area contributed by atoms with Crippen molar-refractivity contribution in [2.24, 2.45) is 0 Å². The van der Waals surface area contributed by atoms with Crippen molar-refractivity contribution in [2.75, 3.05) is 0 Å². The monoisotopic (exact) mass is 192 g/mol. The highest BCUT2D eigenvalue weighted by Crippen LogP contribution is 2.08. The normalized spacial score (nSPS) is 8.64. The third-order valence-corrected chi connectivity index (χ3v) is 1.42. The Labute approximate surface area is 79.2 Å². The number of carbonyl (C=O) groups excluding carboxylic acids is 1. The molecule has 0 saturated heterocycles. The second-order valence-electron chi connectivity index (χ2n) is 2.42. The number of aromatic carboxylic acids is 1. The van der Waals surface area contributed by atoms with Gasteiger partial charge in [-0.3, -0.25) is 4.79 Å². The number of carboxylic acid groups (broad SMARTS) is 1. The predicted octanol–water partition coefficient (Wildman–Crippen LogP) is 1.07. The fourth-order valence-corrected chi connectivity index (χ4v) is 0.898. The molecule has 1 N–H and O–H groups in total. The van der Waals surface area contributed by atoms with Crippen LogP contribution in [0.3, 0.4) is 0 Å². The summed E-state index contributed by atoms with van der Waals surface area (Å²) in [5.74, 6) is 2.45. The average molecular weight is 192 g/mol. The number of hydrogen-bond acceptors (Lipinski definition) is 2. The smallest absolute Gasteiger partial charge is 0.335 e. The highest BCUT2D eigenvalue weighted by atomic mass is 19.1. The molecule has 0 saturated carbocycles. The summed E-state index contributed by atoms with van der Waals surface area (Å²) in [6.45, 7) is 0. The van der Waals surface area contributed by atoms with Crippen LogP contribution in [0.4, 0.5) is 4.39 Å². The molecule has 0 bridgehead atoms. The van der Waals surface area contributed by atoms with Gasteiger partial charge in [0.2, 0.25) is 0 Å². The Bertz CT molecular complexity index is 440. The van der Waals surface area contributed by atoms with Crippen LogP contribution in [-0.2, 0) is 4.79 Å². The number of halogens is 1. The maximum Gasteiger partial charge on any atom is 0.335 e. The number of rotatable bonds is 1. The maximum absolute atomic E-state index is 12.8. The van der Waals surface area contributed by atoms with Gasteiger partial charge in [0.15, 0.2) is 6.29 Å². The molecule has 0 unspecified atom stereocenters. The van der Waals surface area contributed by atoms with Gasteiger partial charge in [0.25, 0.3) is 0 Å². The van der Waals surface area contributed by atoms with E-state index in [9.17, 15) is 14.0 Å². The van der Waals surface area contributed by atoms with Gasteiger partial charge in [0, 0.05) is 5.56 Å². The quantitative estimate of drug-likeness (QED) is 0.535. The van der Waals surface area contributed by atoms with E-state index in [-0.39, 0.29) is 11.1 Å². The van der Waals surface area contributed by atoms with Crippen LogP contribution in [0.25, 0.3) is 0 Å². The van der Waals surface area contributed by atoms with Crippen molar-refractivity contribution in [3.8, 4) is 11.8 Å². The van der Waals surface area contributed by atoms with Crippen molar-refractivity contribution in [1.29, 1.82) is 0 Å². The third-order valence-electron chi connectivity index (χ3n) is 1.42. The molecule has 4 heteroatoms. The molecular formula is C10H5FO3. The molecule has 0 aromatic heterocycles. The van der Waals surface area contributed by atoms with Gasteiger partial charge in [-0.2, -0.15) is 0 Å². The Morgan fingerprint density at radius 1 is 1.43 bits per heavy atom. The number of carbonyl (C=O) groups is 2. The second kappa shape index (κ2) is 4.19. The van der Waals surface area contributed by atoms with Gasteiger partial charge in [-0.05, 0) is 24.1 Å². The van der Waals surface area contributed by atoms with E-state index in [2.05, 4.69) is 11.8 Å². The lowest BCUT2D eigenvalue weighted by Gasteiger charge is -1.96. The van der Waals surface area contributed by atoms with Gasteiger partial charge in [-0.15, -0.1) is 0 Å². The molecule has 1 aromatic carbocycles. The van der Waals surface area contributed by atoms with Crippen LogP contribution < -0.4 is 0 Å². The molecule has 0 amide bonds. The largest absolute Gasteiger partial charge is 0.478 e. The summed E-state index contributed by atoms with van der Waals surface area (Å²) in [4.78, 5) is 20.4. The fraction of sp³-hybridized carbons (Fsp3) is 0. The molecule has 0 aliphatic heterocycles. The summed E-state index contributed by atoms with van der Waals surface area (Å²) >= 11 is 0. The molecule has 1 aromatic rings. The molecule has 0 aliphatic carbocycles. The lowest BCUT2D eigenvalue weighted by molar-refractivity contribution is -0.103. The first-order chi connectivity index (χ1) is 6.63. The first-order valence-electron chi connectivity index (χ1n) is 3.62. The first kappa shape index (κ1) is 9.93. The van der Waals surface area contributed by atoms with Crippen LogP contribution in [0, 0.1) is 17.7 Å². The van der Waals surface area contributed by atoms with E-state index >= 15 is 0 Å². The summed E-state index contributed by atoms with van der Waals surface area (Å²) in [6.07, 6.45) is 0.353. The summed E-state index contributed by atoms with van der Waals surface area (Å²) in [7, 11) is 0. The van der Waals surface area contributed by atoms with E-state index in [1.807, 2.05) is 0 Å². The molecular weight excluding hydrogens is 187 g/mol. The second-order valence-corrected chi connectivity index (χ2v) is 2.42.